The van der Waals surface area contributed by atoms with Crippen molar-refractivity contribution >= 4 is 11.6 Å². The third kappa shape index (κ3) is 2.72. The first-order valence-corrected chi connectivity index (χ1v) is 5.51. The van der Waals surface area contributed by atoms with E-state index in [0.29, 0.717) is 5.38 Å². The van der Waals surface area contributed by atoms with Crippen LogP contribution >= 0.6 is 11.6 Å². The largest absolute Gasteiger partial charge is 0.311 e. The Labute approximate surface area is 89.4 Å². The molecule has 1 aromatic heterocycles. The normalized spacial score (nSPS) is 18.4. The maximum absolute atomic E-state index is 6.17. The number of halogens is 1. The molecule has 1 N–H and O–H groups in total. The molecular formula is C10H16ClN3. The van der Waals surface area contributed by atoms with Gasteiger partial charge in [-0.05, 0) is 18.8 Å². The Morgan fingerprint density at radius 1 is 1.71 bits per heavy atom. The first-order valence-electron chi connectivity index (χ1n) is 5.08. The summed E-state index contributed by atoms with van der Waals surface area (Å²) in [7, 11) is 1.93. The second kappa shape index (κ2) is 4.32. The molecule has 1 aromatic rings. The second-order valence-electron chi connectivity index (χ2n) is 4.01. The zero-order chi connectivity index (χ0) is 9.97. The summed E-state index contributed by atoms with van der Waals surface area (Å²) in [4.78, 5) is 0. The zero-order valence-electron chi connectivity index (χ0n) is 8.41. The van der Waals surface area contributed by atoms with Crippen LogP contribution in [0.5, 0.6) is 0 Å². The number of hydrogen-bond donors (Lipinski definition) is 1. The number of aromatic nitrogens is 2. The number of aryl methyl sites for hydroxylation is 1. The van der Waals surface area contributed by atoms with Crippen molar-refractivity contribution in [1.29, 1.82) is 0 Å². The molecule has 2 rings (SSSR count). The highest BCUT2D eigenvalue weighted by atomic mass is 35.5. The molecule has 1 heterocycles. The van der Waals surface area contributed by atoms with E-state index >= 15 is 0 Å². The fourth-order valence-electron chi connectivity index (χ4n) is 1.54. The summed E-state index contributed by atoms with van der Waals surface area (Å²) in [5.41, 5.74) is 1.21. The lowest BCUT2D eigenvalue weighted by Gasteiger charge is -2.08. The van der Waals surface area contributed by atoms with E-state index in [2.05, 4.69) is 10.4 Å². The molecule has 0 radical (unpaired) electrons. The SMILES string of the molecule is Cn1cc(CNCC(Cl)C2CC2)cn1. The number of alkyl halides is 1. The summed E-state index contributed by atoms with van der Waals surface area (Å²) in [5, 5.41) is 7.77. The highest BCUT2D eigenvalue weighted by Crippen LogP contribution is 2.35. The number of nitrogens with zero attached hydrogens (tertiary/aromatic N) is 2. The topological polar surface area (TPSA) is 29.9 Å². The summed E-state index contributed by atoms with van der Waals surface area (Å²) < 4.78 is 1.82. The van der Waals surface area contributed by atoms with Gasteiger partial charge in [0.05, 0.1) is 6.20 Å². The van der Waals surface area contributed by atoms with E-state index in [-0.39, 0.29) is 0 Å². The van der Waals surface area contributed by atoms with Crippen LogP contribution in [-0.4, -0.2) is 21.7 Å². The van der Waals surface area contributed by atoms with E-state index < -0.39 is 0 Å². The summed E-state index contributed by atoms with van der Waals surface area (Å²) in [6.45, 7) is 1.77. The molecule has 1 unspecified atom stereocenters. The fourth-order valence-corrected chi connectivity index (χ4v) is 1.90. The standard InChI is InChI=1S/C10H16ClN3/c1-14-7-8(5-13-14)4-12-6-10(11)9-2-3-9/h5,7,9-10,12H,2-4,6H2,1H3. The first-order chi connectivity index (χ1) is 6.75. The Balaban J connectivity index is 1.67. The quantitative estimate of drug-likeness (QED) is 0.752. The molecule has 3 nitrogen and oxygen atoms in total. The van der Waals surface area contributed by atoms with Crippen molar-refractivity contribution in [3.05, 3.63) is 18.0 Å². The van der Waals surface area contributed by atoms with Crippen LogP contribution in [0.25, 0.3) is 0 Å². The number of hydrogen-bond acceptors (Lipinski definition) is 2. The van der Waals surface area contributed by atoms with E-state index in [4.69, 9.17) is 11.6 Å². The molecular weight excluding hydrogens is 198 g/mol. The predicted octanol–water partition coefficient (Wildman–Crippen LogP) is 1.53. The lowest BCUT2D eigenvalue weighted by molar-refractivity contribution is 0.619. The zero-order valence-corrected chi connectivity index (χ0v) is 9.17. The maximum Gasteiger partial charge on any atom is 0.0534 e. The average molecular weight is 214 g/mol. The van der Waals surface area contributed by atoms with Gasteiger partial charge in [-0.2, -0.15) is 5.10 Å². The van der Waals surface area contributed by atoms with Gasteiger partial charge in [0.15, 0.2) is 0 Å². The Hall–Kier alpha value is -0.540. The molecule has 4 heteroatoms. The third-order valence-corrected chi connectivity index (χ3v) is 3.07. The van der Waals surface area contributed by atoms with E-state index in [1.54, 1.807) is 0 Å². The Kier molecular flexibility index (Phi) is 3.08. The molecule has 1 saturated carbocycles. The van der Waals surface area contributed by atoms with Gasteiger partial charge in [-0.25, -0.2) is 0 Å². The molecule has 1 fully saturated rings. The van der Waals surface area contributed by atoms with Crippen LogP contribution in [0.15, 0.2) is 12.4 Å². The van der Waals surface area contributed by atoms with Gasteiger partial charge in [0.1, 0.15) is 0 Å². The second-order valence-corrected chi connectivity index (χ2v) is 4.57. The van der Waals surface area contributed by atoms with Crippen molar-refractivity contribution in [3.63, 3.8) is 0 Å². The first kappa shape index (κ1) is 9.99. The van der Waals surface area contributed by atoms with Gasteiger partial charge >= 0.3 is 0 Å². The lowest BCUT2D eigenvalue weighted by atomic mass is 10.3. The smallest absolute Gasteiger partial charge is 0.0534 e. The average Bonchev–Trinajstić information content (AvgIpc) is 2.92. The molecule has 0 spiro atoms. The van der Waals surface area contributed by atoms with Crippen LogP contribution in [-0.2, 0) is 13.6 Å². The molecule has 0 saturated heterocycles. The van der Waals surface area contributed by atoms with E-state index in [9.17, 15) is 0 Å². The van der Waals surface area contributed by atoms with Crippen LogP contribution in [0.3, 0.4) is 0 Å². The van der Waals surface area contributed by atoms with Crippen molar-refractivity contribution in [3.8, 4) is 0 Å². The van der Waals surface area contributed by atoms with Crippen molar-refractivity contribution in [2.45, 2.75) is 24.8 Å². The van der Waals surface area contributed by atoms with Gasteiger partial charge in [-0.3, -0.25) is 4.68 Å². The minimum atomic E-state index is 0.312. The number of nitrogens with one attached hydrogen (secondary N) is 1. The molecule has 0 bridgehead atoms. The molecule has 1 atom stereocenters. The van der Waals surface area contributed by atoms with Crippen molar-refractivity contribution in [1.82, 2.24) is 15.1 Å². The predicted molar refractivity (Wildman–Crippen MR) is 57.3 cm³/mol. The maximum atomic E-state index is 6.17. The van der Waals surface area contributed by atoms with E-state index in [1.807, 2.05) is 24.1 Å². The van der Waals surface area contributed by atoms with Gasteiger partial charge < -0.3 is 5.32 Å². The van der Waals surface area contributed by atoms with Crippen LogP contribution in [0.2, 0.25) is 0 Å². The molecule has 0 amide bonds. The molecule has 0 aliphatic heterocycles. The summed E-state index contributed by atoms with van der Waals surface area (Å²) in [5.74, 6) is 0.762. The van der Waals surface area contributed by atoms with Crippen molar-refractivity contribution in [2.75, 3.05) is 6.54 Å². The molecule has 1 aliphatic rings. The van der Waals surface area contributed by atoms with Crippen LogP contribution in [0, 0.1) is 5.92 Å². The third-order valence-electron chi connectivity index (χ3n) is 2.56. The van der Waals surface area contributed by atoms with Gasteiger partial charge in [0.2, 0.25) is 0 Å². The van der Waals surface area contributed by atoms with Gasteiger partial charge in [0, 0.05) is 37.3 Å². The molecule has 1 aliphatic carbocycles. The Morgan fingerprint density at radius 2 is 2.50 bits per heavy atom. The van der Waals surface area contributed by atoms with Gasteiger partial charge in [0.25, 0.3) is 0 Å². The van der Waals surface area contributed by atoms with Crippen molar-refractivity contribution in [2.24, 2.45) is 13.0 Å². The molecule has 78 valence electrons. The van der Waals surface area contributed by atoms with Gasteiger partial charge in [-0.1, -0.05) is 0 Å². The minimum absolute atomic E-state index is 0.312. The van der Waals surface area contributed by atoms with Gasteiger partial charge in [-0.15, -0.1) is 11.6 Å². The van der Waals surface area contributed by atoms with E-state index in [0.717, 1.165) is 19.0 Å². The summed E-state index contributed by atoms with van der Waals surface area (Å²) in [6.07, 6.45) is 6.52. The summed E-state index contributed by atoms with van der Waals surface area (Å²) >= 11 is 6.17. The van der Waals surface area contributed by atoms with E-state index in [1.165, 1.54) is 18.4 Å². The van der Waals surface area contributed by atoms with Crippen LogP contribution in [0.4, 0.5) is 0 Å². The van der Waals surface area contributed by atoms with Crippen molar-refractivity contribution < 1.29 is 0 Å². The Bertz CT molecular complexity index is 293. The molecule has 0 aromatic carbocycles. The van der Waals surface area contributed by atoms with Crippen LogP contribution < -0.4 is 5.32 Å². The lowest BCUT2D eigenvalue weighted by Crippen LogP contribution is -2.23. The minimum Gasteiger partial charge on any atom is -0.311 e. The Morgan fingerprint density at radius 3 is 3.07 bits per heavy atom. The fraction of sp³-hybridized carbons (Fsp3) is 0.700. The summed E-state index contributed by atoms with van der Waals surface area (Å²) in [6, 6.07) is 0. The molecule has 14 heavy (non-hydrogen) atoms. The monoisotopic (exact) mass is 213 g/mol. The van der Waals surface area contributed by atoms with Crippen LogP contribution in [0.1, 0.15) is 18.4 Å². The number of rotatable bonds is 5. The highest BCUT2D eigenvalue weighted by molar-refractivity contribution is 6.21. The highest BCUT2D eigenvalue weighted by Gasteiger charge is 2.29.